The number of likely N-dealkylation sites (tertiary alicyclic amines) is 1. The number of hydrogen-bond acceptors (Lipinski definition) is 3. The summed E-state index contributed by atoms with van der Waals surface area (Å²) in [6.07, 6.45) is 4.42. The quantitative estimate of drug-likeness (QED) is 0.501. The number of hydrogen-bond donors (Lipinski definition) is 0. The standard InChI is InChI=1S/C15H25NO3/c1-4-11(2)13(17)8-6-5-7-9-16-14(18)10-12(3)15(16)19/h11-12H,4-10H2,1-3H3. The Morgan fingerprint density at radius 3 is 2.53 bits per heavy atom. The minimum absolute atomic E-state index is 0.0410. The van der Waals surface area contributed by atoms with Crippen molar-refractivity contribution >= 4 is 17.6 Å². The van der Waals surface area contributed by atoms with Gasteiger partial charge in [0.2, 0.25) is 11.8 Å². The number of amides is 2. The zero-order valence-corrected chi connectivity index (χ0v) is 12.3. The van der Waals surface area contributed by atoms with E-state index in [2.05, 4.69) is 0 Å². The molecule has 1 fully saturated rings. The maximum absolute atomic E-state index is 11.7. The highest BCUT2D eigenvalue weighted by Crippen LogP contribution is 2.19. The number of imide groups is 1. The summed E-state index contributed by atoms with van der Waals surface area (Å²) in [6, 6.07) is 0. The molecule has 19 heavy (non-hydrogen) atoms. The van der Waals surface area contributed by atoms with Gasteiger partial charge in [0.25, 0.3) is 0 Å². The van der Waals surface area contributed by atoms with Crippen LogP contribution in [0, 0.1) is 11.8 Å². The summed E-state index contributed by atoms with van der Waals surface area (Å²) < 4.78 is 0. The molecule has 2 atom stereocenters. The Bertz CT molecular complexity index is 351. The molecule has 1 saturated heterocycles. The molecule has 0 aliphatic carbocycles. The van der Waals surface area contributed by atoms with Gasteiger partial charge in [0.15, 0.2) is 0 Å². The molecule has 0 spiro atoms. The first kappa shape index (κ1) is 15.9. The topological polar surface area (TPSA) is 54.5 Å². The summed E-state index contributed by atoms with van der Waals surface area (Å²) in [5.41, 5.74) is 0. The van der Waals surface area contributed by atoms with Crippen LogP contribution in [0.5, 0.6) is 0 Å². The molecule has 0 aromatic rings. The molecule has 4 heteroatoms. The van der Waals surface area contributed by atoms with Gasteiger partial charge in [-0.3, -0.25) is 19.3 Å². The van der Waals surface area contributed by atoms with Crippen molar-refractivity contribution in [2.75, 3.05) is 6.54 Å². The number of Topliss-reactive ketones (excluding diaryl/α,β-unsaturated/α-hetero) is 1. The van der Waals surface area contributed by atoms with Gasteiger partial charge in [0, 0.05) is 31.2 Å². The fourth-order valence-corrected chi connectivity index (χ4v) is 2.30. The number of ketones is 1. The third kappa shape index (κ3) is 4.44. The number of carbonyl (C=O) groups is 3. The van der Waals surface area contributed by atoms with Crippen molar-refractivity contribution in [3.63, 3.8) is 0 Å². The Kier molecular flexibility index (Phi) is 6.19. The molecule has 0 saturated carbocycles. The minimum Gasteiger partial charge on any atom is -0.299 e. The van der Waals surface area contributed by atoms with Crippen LogP contribution in [0.1, 0.15) is 59.3 Å². The zero-order chi connectivity index (χ0) is 14.4. The van der Waals surface area contributed by atoms with Crippen LogP contribution in [0.2, 0.25) is 0 Å². The van der Waals surface area contributed by atoms with E-state index in [0.29, 0.717) is 25.2 Å². The maximum Gasteiger partial charge on any atom is 0.232 e. The van der Waals surface area contributed by atoms with Gasteiger partial charge in [-0.25, -0.2) is 0 Å². The van der Waals surface area contributed by atoms with Crippen LogP contribution in [-0.4, -0.2) is 29.0 Å². The lowest BCUT2D eigenvalue weighted by Crippen LogP contribution is -2.31. The fraction of sp³-hybridized carbons (Fsp3) is 0.800. The van der Waals surface area contributed by atoms with Crippen LogP contribution >= 0.6 is 0 Å². The summed E-state index contributed by atoms with van der Waals surface area (Å²) >= 11 is 0. The normalized spacial score (nSPS) is 21.0. The lowest BCUT2D eigenvalue weighted by atomic mass is 9.99. The van der Waals surface area contributed by atoms with Crippen molar-refractivity contribution in [1.29, 1.82) is 0 Å². The Morgan fingerprint density at radius 2 is 2.00 bits per heavy atom. The SMILES string of the molecule is CCC(C)C(=O)CCCCCN1C(=O)CC(C)C1=O. The predicted octanol–water partition coefficient (Wildman–Crippen LogP) is 2.56. The molecule has 108 valence electrons. The average molecular weight is 267 g/mol. The van der Waals surface area contributed by atoms with Crippen LogP contribution in [0.3, 0.4) is 0 Å². The third-order valence-electron chi connectivity index (χ3n) is 3.94. The highest BCUT2D eigenvalue weighted by Gasteiger charge is 2.34. The van der Waals surface area contributed by atoms with E-state index in [1.54, 1.807) is 6.92 Å². The minimum atomic E-state index is -0.153. The second-order valence-corrected chi connectivity index (χ2v) is 5.58. The molecule has 0 aromatic heterocycles. The maximum atomic E-state index is 11.7. The van der Waals surface area contributed by atoms with Gasteiger partial charge < -0.3 is 0 Å². The van der Waals surface area contributed by atoms with Crippen LogP contribution < -0.4 is 0 Å². The molecule has 1 aliphatic rings. The van der Waals surface area contributed by atoms with Gasteiger partial charge in [-0.2, -0.15) is 0 Å². The second kappa shape index (κ2) is 7.41. The van der Waals surface area contributed by atoms with Crippen LogP contribution in [0.25, 0.3) is 0 Å². The highest BCUT2D eigenvalue weighted by molar-refractivity contribution is 6.03. The molecule has 1 aliphatic heterocycles. The van der Waals surface area contributed by atoms with Crippen molar-refractivity contribution in [1.82, 2.24) is 4.90 Å². The third-order valence-corrected chi connectivity index (χ3v) is 3.94. The molecule has 1 heterocycles. The first-order chi connectivity index (χ1) is 8.97. The van der Waals surface area contributed by atoms with E-state index in [1.807, 2.05) is 13.8 Å². The Labute approximate surface area is 115 Å². The first-order valence-corrected chi connectivity index (χ1v) is 7.34. The first-order valence-electron chi connectivity index (χ1n) is 7.34. The van der Waals surface area contributed by atoms with E-state index >= 15 is 0 Å². The Balaban J connectivity index is 2.16. The van der Waals surface area contributed by atoms with E-state index in [1.165, 1.54) is 4.90 Å². The summed E-state index contributed by atoms with van der Waals surface area (Å²) in [5.74, 6) is 0.236. The van der Waals surface area contributed by atoms with Crippen molar-refractivity contribution in [3.05, 3.63) is 0 Å². The average Bonchev–Trinajstić information content (AvgIpc) is 2.63. The summed E-state index contributed by atoms with van der Waals surface area (Å²) in [7, 11) is 0. The van der Waals surface area contributed by atoms with E-state index in [9.17, 15) is 14.4 Å². The molecule has 0 aromatic carbocycles. The number of carbonyl (C=O) groups excluding carboxylic acids is 3. The number of rotatable bonds is 8. The van der Waals surface area contributed by atoms with Crippen molar-refractivity contribution in [2.24, 2.45) is 11.8 Å². The van der Waals surface area contributed by atoms with E-state index in [0.717, 1.165) is 25.7 Å². The molecule has 0 radical (unpaired) electrons. The van der Waals surface area contributed by atoms with Crippen molar-refractivity contribution < 1.29 is 14.4 Å². The summed E-state index contributed by atoms with van der Waals surface area (Å²) in [5, 5.41) is 0. The van der Waals surface area contributed by atoms with E-state index < -0.39 is 0 Å². The monoisotopic (exact) mass is 267 g/mol. The molecular weight excluding hydrogens is 242 g/mol. The molecule has 0 bridgehead atoms. The lowest BCUT2D eigenvalue weighted by molar-refractivity contribution is -0.139. The number of nitrogens with zero attached hydrogens (tertiary/aromatic N) is 1. The van der Waals surface area contributed by atoms with Crippen LogP contribution in [0.4, 0.5) is 0 Å². The van der Waals surface area contributed by atoms with Gasteiger partial charge in [-0.15, -0.1) is 0 Å². The smallest absolute Gasteiger partial charge is 0.232 e. The van der Waals surface area contributed by atoms with Gasteiger partial charge in [-0.1, -0.05) is 27.2 Å². The Hall–Kier alpha value is -1.19. The van der Waals surface area contributed by atoms with Crippen LogP contribution in [0.15, 0.2) is 0 Å². The Morgan fingerprint density at radius 1 is 1.32 bits per heavy atom. The van der Waals surface area contributed by atoms with Gasteiger partial charge in [0.1, 0.15) is 5.78 Å². The van der Waals surface area contributed by atoms with Gasteiger partial charge in [-0.05, 0) is 19.3 Å². The molecule has 0 N–H and O–H groups in total. The van der Waals surface area contributed by atoms with E-state index in [4.69, 9.17) is 0 Å². The molecule has 4 nitrogen and oxygen atoms in total. The van der Waals surface area contributed by atoms with Crippen LogP contribution in [-0.2, 0) is 14.4 Å². The second-order valence-electron chi connectivity index (χ2n) is 5.58. The zero-order valence-electron chi connectivity index (χ0n) is 12.3. The lowest BCUT2D eigenvalue weighted by Gasteiger charge is -2.14. The van der Waals surface area contributed by atoms with Crippen molar-refractivity contribution in [3.8, 4) is 0 Å². The predicted molar refractivity (Wildman–Crippen MR) is 73.4 cm³/mol. The highest BCUT2D eigenvalue weighted by atomic mass is 16.2. The molecular formula is C15H25NO3. The fourth-order valence-electron chi connectivity index (χ4n) is 2.30. The molecule has 2 unspecified atom stereocenters. The summed E-state index contributed by atoms with van der Waals surface area (Å²) in [6.45, 7) is 6.30. The van der Waals surface area contributed by atoms with Crippen molar-refractivity contribution in [2.45, 2.75) is 59.3 Å². The summed E-state index contributed by atoms with van der Waals surface area (Å²) in [4.78, 5) is 36.2. The van der Waals surface area contributed by atoms with E-state index in [-0.39, 0.29) is 23.7 Å². The largest absolute Gasteiger partial charge is 0.299 e. The van der Waals surface area contributed by atoms with Gasteiger partial charge in [0.05, 0.1) is 0 Å². The number of unbranched alkanes of at least 4 members (excludes halogenated alkanes) is 2. The molecule has 1 rings (SSSR count). The van der Waals surface area contributed by atoms with Gasteiger partial charge >= 0.3 is 0 Å². The molecule has 2 amide bonds.